The Morgan fingerprint density at radius 3 is 2.39 bits per heavy atom. The van der Waals surface area contributed by atoms with Gasteiger partial charge >= 0.3 is 0 Å². The molecule has 0 aromatic heterocycles. The lowest BCUT2D eigenvalue weighted by atomic mass is 10.0. The first-order valence-corrected chi connectivity index (χ1v) is 10.4. The summed E-state index contributed by atoms with van der Waals surface area (Å²) in [5.41, 5.74) is 1.20. The molecule has 0 fully saturated rings. The Labute approximate surface area is 186 Å². The maximum absolute atomic E-state index is 12.3. The molecule has 4 nitrogen and oxygen atoms in total. The second-order valence-electron chi connectivity index (χ2n) is 6.33. The number of fused-ring (bicyclic) bond motifs is 1. The molecule has 3 rings (SSSR count). The van der Waals surface area contributed by atoms with Crippen LogP contribution in [-0.4, -0.2) is 29.5 Å². The Morgan fingerprint density at radius 2 is 1.68 bits per heavy atom. The highest BCUT2D eigenvalue weighted by atomic mass is 127. The van der Waals surface area contributed by atoms with Crippen molar-refractivity contribution in [1.82, 2.24) is 10.6 Å². The van der Waals surface area contributed by atoms with Gasteiger partial charge in [-0.05, 0) is 41.5 Å². The van der Waals surface area contributed by atoms with Crippen molar-refractivity contribution >= 4 is 51.5 Å². The fourth-order valence-corrected chi connectivity index (χ4v) is 3.90. The van der Waals surface area contributed by atoms with Crippen LogP contribution in [0.5, 0.6) is 0 Å². The lowest BCUT2D eigenvalue weighted by Crippen LogP contribution is -2.40. The molecule has 2 unspecified atom stereocenters. The Hall–Kier alpha value is -1.93. The molecule has 6 heteroatoms. The van der Waals surface area contributed by atoms with E-state index in [4.69, 9.17) is 0 Å². The molecule has 0 spiro atoms. The third-order valence-electron chi connectivity index (χ3n) is 4.44. The van der Waals surface area contributed by atoms with E-state index in [2.05, 4.69) is 65.0 Å². The third-order valence-corrected chi connectivity index (χ3v) is 5.81. The molecule has 0 bridgehead atoms. The van der Waals surface area contributed by atoms with Crippen LogP contribution in [0.1, 0.15) is 18.5 Å². The standard InChI is InChI=1S/C22H25N3OS.HI/c1-17(19-13-12-18-8-6-7-9-20(18)16-19)25-22(23-2)24-14-15-27(26)21-10-4-3-5-11-21;/h3-13,16-17H,14-15H2,1-2H3,(H2,23,24,25);1H. The SMILES string of the molecule is CN=C(NCCS(=O)c1ccccc1)NC(C)c1ccc2ccccc2c1.I. The van der Waals surface area contributed by atoms with Crippen LogP contribution in [0.2, 0.25) is 0 Å². The maximum Gasteiger partial charge on any atom is 0.191 e. The summed E-state index contributed by atoms with van der Waals surface area (Å²) in [6, 6.07) is 24.5. The van der Waals surface area contributed by atoms with Gasteiger partial charge in [0.05, 0.1) is 16.8 Å². The second-order valence-corrected chi connectivity index (χ2v) is 7.90. The van der Waals surface area contributed by atoms with E-state index in [1.54, 1.807) is 7.05 Å². The largest absolute Gasteiger partial charge is 0.355 e. The molecular formula is C22H26IN3OS. The lowest BCUT2D eigenvalue weighted by molar-refractivity contribution is 0.677. The summed E-state index contributed by atoms with van der Waals surface area (Å²) >= 11 is 0. The van der Waals surface area contributed by atoms with Crippen molar-refractivity contribution in [1.29, 1.82) is 0 Å². The topological polar surface area (TPSA) is 53.5 Å². The van der Waals surface area contributed by atoms with Crippen molar-refractivity contribution in [3.8, 4) is 0 Å². The highest BCUT2D eigenvalue weighted by Gasteiger charge is 2.09. The van der Waals surface area contributed by atoms with Gasteiger partial charge in [0, 0.05) is 24.2 Å². The molecule has 148 valence electrons. The van der Waals surface area contributed by atoms with E-state index in [0.717, 1.165) is 4.90 Å². The van der Waals surface area contributed by atoms with E-state index >= 15 is 0 Å². The van der Waals surface area contributed by atoms with Gasteiger partial charge in [-0.1, -0.05) is 54.6 Å². The first-order valence-electron chi connectivity index (χ1n) is 9.06. The number of aliphatic imine (C=N–C) groups is 1. The van der Waals surface area contributed by atoms with Crippen LogP contribution in [0.15, 0.2) is 82.7 Å². The zero-order chi connectivity index (χ0) is 19.1. The maximum atomic E-state index is 12.3. The van der Waals surface area contributed by atoms with E-state index in [1.165, 1.54) is 16.3 Å². The van der Waals surface area contributed by atoms with E-state index < -0.39 is 10.8 Å². The van der Waals surface area contributed by atoms with Gasteiger partial charge in [-0.25, -0.2) is 0 Å². The molecule has 0 amide bonds. The summed E-state index contributed by atoms with van der Waals surface area (Å²) in [4.78, 5) is 5.13. The molecule has 28 heavy (non-hydrogen) atoms. The quantitative estimate of drug-likeness (QED) is 0.294. The number of nitrogens with zero attached hydrogens (tertiary/aromatic N) is 1. The highest BCUT2D eigenvalue weighted by molar-refractivity contribution is 14.0. The summed E-state index contributed by atoms with van der Waals surface area (Å²) in [7, 11) is 0.735. The van der Waals surface area contributed by atoms with Crippen LogP contribution in [0.3, 0.4) is 0 Å². The highest BCUT2D eigenvalue weighted by Crippen LogP contribution is 2.20. The number of nitrogens with one attached hydrogen (secondary N) is 2. The average Bonchev–Trinajstić information content (AvgIpc) is 2.73. The summed E-state index contributed by atoms with van der Waals surface area (Å²) in [6.07, 6.45) is 0. The Morgan fingerprint density at radius 1 is 1.00 bits per heavy atom. The van der Waals surface area contributed by atoms with Crippen LogP contribution in [0.25, 0.3) is 10.8 Å². The van der Waals surface area contributed by atoms with Crippen molar-refractivity contribution in [3.63, 3.8) is 0 Å². The molecule has 2 atom stereocenters. The summed E-state index contributed by atoms with van der Waals surface area (Å²) < 4.78 is 12.3. The Kier molecular flexibility index (Phi) is 8.92. The normalized spacial score (nSPS) is 13.4. The minimum Gasteiger partial charge on any atom is -0.355 e. The van der Waals surface area contributed by atoms with E-state index in [-0.39, 0.29) is 30.0 Å². The Bertz CT molecular complexity index is 947. The number of hydrogen-bond acceptors (Lipinski definition) is 2. The zero-order valence-electron chi connectivity index (χ0n) is 16.1. The molecule has 3 aromatic carbocycles. The lowest BCUT2D eigenvalue weighted by Gasteiger charge is -2.18. The zero-order valence-corrected chi connectivity index (χ0v) is 19.2. The molecule has 0 aliphatic rings. The van der Waals surface area contributed by atoms with Gasteiger partial charge in [0.15, 0.2) is 5.96 Å². The van der Waals surface area contributed by atoms with E-state index in [1.807, 2.05) is 30.3 Å². The van der Waals surface area contributed by atoms with Gasteiger partial charge in [-0.3, -0.25) is 9.20 Å². The molecule has 0 aliphatic carbocycles. The summed E-state index contributed by atoms with van der Waals surface area (Å²) in [5.74, 6) is 1.25. The van der Waals surface area contributed by atoms with Crippen LogP contribution < -0.4 is 10.6 Å². The van der Waals surface area contributed by atoms with Gasteiger partial charge in [-0.2, -0.15) is 0 Å². The third kappa shape index (κ3) is 6.04. The molecule has 0 saturated heterocycles. The van der Waals surface area contributed by atoms with Crippen molar-refractivity contribution < 1.29 is 4.21 Å². The molecule has 0 heterocycles. The van der Waals surface area contributed by atoms with Gasteiger partial charge < -0.3 is 10.6 Å². The fourth-order valence-electron chi connectivity index (χ4n) is 2.91. The molecule has 0 saturated carbocycles. The van der Waals surface area contributed by atoms with Crippen molar-refractivity contribution in [2.75, 3.05) is 19.3 Å². The van der Waals surface area contributed by atoms with Crippen LogP contribution in [-0.2, 0) is 10.8 Å². The van der Waals surface area contributed by atoms with E-state index in [9.17, 15) is 4.21 Å². The smallest absolute Gasteiger partial charge is 0.191 e. The van der Waals surface area contributed by atoms with Crippen molar-refractivity contribution in [2.45, 2.75) is 17.9 Å². The van der Waals surface area contributed by atoms with Crippen LogP contribution in [0.4, 0.5) is 0 Å². The predicted octanol–water partition coefficient (Wildman–Crippen LogP) is 4.49. The molecule has 0 radical (unpaired) electrons. The first-order chi connectivity index (χ1) is 13.2. The molecular weight excluding hydrogens is 481 g/mol. The van der Waals surface area contributed by atoms with Gasteiger partial charge in [0.2, 0.25) is 0 Å². The van der Waals surface area contributed by atoms with Gasteiger partial charge in [0.25, 0.3) is 0 Å². The second kappa shape index (κ2) is 11.2. The molecule has 0 aliphatic heterocycles. The van der Waals surface area contributed by atoms with Crippen molar-refractivity contribution in [2.24, 2.45) is 4.99 Å². The molecule has 3 aromatic rings. The predicted molar refractivity (Wildman–Crippen MR) is 130 cm³/mol. The van der Waals surface area contributed by atoms with Gasteiger partial charge in [-0.15, -0.1) is 24.0 Å². The van der Waals surface area contributed by atoms with Crippen LogP contribution >= 0.6 is 24.0 Å². The summed E-state index contributed by atoms with van der Waals surface area (Å²) in [6.45, 7) is 2.70. The Balaban J connectivity index is 0.00000280. The summed E-state index contributed by atoms with van der Waals surface area (Å²) in [5, 5.41) is 9.12. The number of hydrogen-bond donors (Lipinski definition) is 2. The first kappa shape index (κ1) is 22.4. The van der Waals surface area contributed by atoms with E-state index in [0.29, 0.717) is 18.3 Å². The monoisotopic (exact) mass is 507 g/mol. The fraction of sp³-hybridized carbons (Fsp3) is 0.227. The molecule has 2 N–H and O–H groups in total. The van der Waals surface area contributed by atoms with Crippen LogP contribution in [0, 0.1) is 0 Å². The van der Waals surface area contributed by atoms with Gasteiger partial charge in [0.1, 0.15) is 0 Å². The number of rotatable bonds is 6. The number of benzene rings is 3. The number of guanidine groups is 1. The number of halogens is 1. The average molecular weight is 507 g/mol. The minimum atomic E-state index is -1.01. The minimum absolute atomic E-state index is 0. The van der Waals surface area contributed by atoms with Crippen molar-refractivity contribution in [3.05, 3.63) is 78.4 Å².